The lowest BCUT2D eigenvalue weighted by molar-refractivity contribution is -0.120. The maximum atomic E-state index is 12.0. The lowest BCUT2D eigenvalue weighted by Crippen LogP contribution is -2.38. The van der Waals surface area contributed by atoms with Gasteiger partial charge in [0.2, 0.25) is 0 Å². The second-order valence-corrected chi connectivity index (χ2v) is 6.25. The molecule has 3 atom stereocenters. The molecule has 16 heavy (non-hydrogen) atoms. The monoisotopic (exact) mass is 220 g/mol. The third-order valence-electron chi connectivity index (χ3n) is 5.15. The largest absolute Gasteiger partial charge is 0.295 e. The van der Waals surface area contributed by atoms with E-state index in [1.165, 1.54) is 12.8 Å². The molecule has 1 saturated carbocycles. The molecule has 0 aromatic carbocycles. The molecule has 0 aromatic heterocycles. The van der Waals surface area contributed by atoms with Crippen molar-refractivity contribution in [1.82, 2.24) is 0 Å². The Bertz CT molecular complexity index is 326. The van der Waals surface area contributed by atoms with Crippen molar-refractivity contribution in [3.05, 3.63) is 11.6 Å². The molecule has 2 aliphatic carbocycles. The van der Waals surface area contributed by atoms with Gasteiger partial charge in [-0.3, -0.25) is 4.79 Å². The summed E-state index contributed by atoms with van der Waals surface area (Å²) in [7, 11) is 0. The lowest BCUT2D eigenvalue weighted by Gasteiger charge is -2.42. The maximum Gasteiger partial charge on any atom is 0.158 e. The van der Waals surface area contributed by atoms with E-state index in [0.29, 0.717) is 23.0 Å². The van der Waals surface area contributed by atoms with Crippen LogP contribution in [0, 0.1) is 23.2 Å². The summed E-state index contributed by atoms with van der Waals surface area (Å²) in [5.41, 5.74) is 1.29. The molecule has 0 heterocycles. The van der Waals surface area contributed by atoms with Gasteiger partial charge < -0.3 is 0 Å². The van der Waals surface area contributed by atoms with Crippen molar-refractivity contribution in [3.8, 4) is 0 Å². The zero-order valence-electron chi connectivity index (χ0n) is 11.0. The first kappa shape index (κ1) is 11.9. The lowest BCUT2D eigenvalue weighted by atomic mass is 9.61. The zero-order chi connectivity index (χ0) is 11.9. The average molecular weight is 220 g/mol. The van der Waals surface area contributed by atoms with Gasteiger partial charge in [-0.2, -0.15) is 0 Å². The molecule has 0 aromatic rings. The highest BCUT2D eigenvalue weighted by atomic mass is 16.1. The Labute approximate surface area is 99.3 Å². The van der Waals surface area contributed by atoms with Gasteiger partial charge in [0.15, 0.2) is 5.78 Å². The summed E-state index contributed by atoms with van der Waals surface area (Å²) in [6, 6.07) is 0. The van der Waals surface area contributed by atoms with Crippen molar-refractivity contribution in [3.63, 3.8) is 0 Å². The van der Waals surface area contributed by atoms with Gasteiger partial charge in [0.25, 0.3) is 0 Å². The summed E-state index contributed by atoms with van der Waals surface area (Å²) in [6.45, 7) is 8.96. The quantitative estimate of drug-likeness (QED) is 0.653. The number of Topliss-reactive ketones (excluding diaryl/α,β-unsaturated/α-hetero) is 1. The van der Waals surface area contributed by atoms with Crippen LogP contribution in [0.2, 0.25) is 0 Å². The molecular weight excluding hydrogens is 196 g/mol. The molecule has 0 N–H and O–H groups in total. The van der Waals surface area contributed by atoms with Crippen LogP contribution in [0.3, 0.4) is 0 Å². The first-order chi connectivity index (χ1) is 7.47. The first-order valence-corrected chi connectivity index (χ1v) is 6.67. The Hall–Kier alpha value is -0.590. The van der Waals surface area contributed by atoms with Gasteiger partial charge in [-0.1, -0.05) is 26.8 Å². The summed E-state index contributed by atoms with van der Waals surface area (Å²) in [4.78, 5) is 12.0. The standard InChI is InChI=1S/C15H24O/c1-10(2)13-6-5-12(4)15(13)8-7-11(3)14(16)9-15/h7,10,12-13H,5-6,8-9H2,1-4H3/t12-,13-,15+/m0/s1. The van der Waals surface area contributed by atoms with Gasteiger partial charge in [-0.05, 0) is 54.9 Å². The molecule has 2 rings (SSSR count). The van der Waals surface area contributed by atoms with Gasteiger partial charge in [-0.25, -0.2) is 0 Å². The minimum atomic E-state index is 0.296. The third kappa shape index (κ3) is 1.65. The highest BCUT2D eigenvalue weighted by Gasteiger charge is 2.50. The minimum absolute atomic E-state index is 0.296. The summed E-state index contributed by atoms with van der Waals surface area (Å²) in [6.07, 6.45) is 6.76. The van der Waals surface area contributed by atoms with Crippen molar-refractivity contribution in [2.45, 2.75) is 53.4 Å². The number of hydrogen-bond donors (Lipinski definition) is 0. The van der Waals surface area contributed by atoms with Crippen LogP contribution in [0.1, 0.15) is 53.4 Å². The second-order valence-electron chi connectivity index (χ2n) is 6.25. The molecule has 90 valence electrons. The summed E-state index contributed by atoms with van der Waals surface area (Å²) >= 11 is 0. The van der Waals surface area contributed by atoms with Crippen LogP contribution in [0.15, 0.2) is 11.6 Å². The molecule has 1 nitrogen and oxygen atoms in total. The van der Waals surface area contributed by atoms with E-state index in [1.807, 2.05) is 6.92 Å². The second kappa shape index (κ2) is 4.01. The van der Waals surface area contributed by atoms with Crippen molar-refractivity contribution in [2.24, 2.45) is 23.2 Å². The third-order valence-corrected chi connectivity index (χ3v) is 5.15. The first-order valence-electron chi connectivity index (χ1n) is 6.67. The normalized spacial score (nSPS) is 39.6. The van der Waals surface area contributed by atoms with Crippen LogP contribution in [0.5, 0.6) is 0 Å². The van der Waals surface area contributed by atoms with Gasteiger partial charge in [0.1, 0.15) is 0 Å². The molecule has 0 unspecified atom stereocenters. The van der Waals surface area contributed by atoms with Crippen LogP contribution in [0.4, 0.5) is 0 Å². The van der Waals surface area contributed by atoms with Gasteiger partial charge in [0.05, 0.1) is 0 Å². The van der Waals surface area contributed by atoms with Crippen LogP contribution in [-0.4, -0.2) is 5.78 Å². The number of rotatable bonds is 1. The smallest absolute Gasteiger partial charge is 0.158 e. The van der Waals surface area contributed by atoms with Crippen molar-refractivity contribution in [1.29, 1.82) is 0 Å². The van der Waals surface area contributed by atoms with E-state index in [4.69, 9.17) is 0 Å². The van der Waals surface area contributed by atoms with E-state index in [1.54, 1.807) is 0 Å². The molecule has 1 heteroatoms. The molecule has 1 fully saturated rings. The maximum absolute atomic E-state index is 12.0. The summed E-state index contributed by atoms with van der Waals surface area (Å²) < 4.78 is 0. The Morgan fingerprint density at radius 3 is 2.62 bits per heavy atom. The fourth-order valence-corrected chi connectivity index (χ4v) is 3.99. The number of carbonyl (C=O) groups is 1. The topological polar surface area (TPSA) is 17.1 Å². The molecule has 0 aliphatic heterocycles. The van der Waals surface area contributed by atoms with E-state index < -0.39 is 0 Å². The van der Waals surface area contributed by atoms with Crippen molar-refractivity contribution in [2.75, 3.05) is 0 Å². The highest BCUT2D eigenvalue weighted by Crippen LogP contribution is 2.57. The Balaban J connectivity index is 2.32. The van der Waals surface area contributed by atoms with E-state index in [-0.39, 0.29) is 0 Å². The predicted octanol–water partition coefficient (Wildman–Crippen LogP) is 3.98. The van der Waals surface area contributed by atoms with Crippen molar-refractivity contribution < 1.29 is 4.79 Å². The molecule has 2 aliphatic rings. The SMILES string of the molecule is CC1=CC[C@@]2(CC1=O)[C@@H](C)CC[C@H]2C(C)C. The van der Waals surface area contributed by atoms with Crippen LogP contribution in [0.25, 0.3) is 0 Å². The number of ketones is 1. The van der Waals surface area contributed by atoms with Gasteiger partial charge >= 0.3 is 0 Å². The fourth-order valence-electron chi connectivity index (χ4n) is 3.99. The highest BCUT2D eigenvalue weighted by molar-refractivity contribution is 5.96. The molecule has 0 amide bonds. The van der Waals surface area contributed by atoms with E-state index in [0.717, 1.165) is 24.3 Å². The van der Waals surface area contributed by atoms with E-state index in [2.05, 4.69) is 26.8 Å². The molecular formula is C15H24O. The molecule has 0 radical (unpaired) electrons. The van der Waals surface area contributed by atoms with E-state index >= 15 is 0 Å². The number of hydrogen-bond acceptors (Lipinski definition) is 1. The van der Waals surface area contributed by atoms with Gasteiger partial charge in [-0.15, -0.1) is 0 Å². The van der Waals surface area contributed by atoms with Crippen molar-refractivity contribution >= 4 is 5.78 Å². The predicted molar refractivity (Wildman–Crippen MR) is 67.2 cm³/mol. The van der Waals surface area contributed by atoms with Gasteiger partial charge in [0, 0.05) is 6.42 Å². The Morgan fingerprint density at radius 1 is 1.38 bits per heavy atom. The number of allylic oxidation sites excluding steroid dienone is 2. The molecule has 1 spiro atoms. The van der Waals surface area contributed by atoms with Crippen LogP contribution < -0.4 is 0 Å². The minimum Gasteiger partial charge on any atom is -0.295 e. The number of carbonyl (C=O) groups excluding carboxylic acids is 1. The molecule has 0 saturated heterocycles. The van der Waals surface area contributed by atoms with Crippen LogP contribution >= 0.6 is 0 Å². The van der Waals surface area contributed by atoms with E-state index in [9.17, 15) is 4.79 Å². The summed E-state index contributed by atoms with van der Waals surface area (Å²) in [5.74, 6) is 2.57. The Morgan fingerprint density at radius 2 is 2.06 bits per heavy atom. The fraction of sp³-hybridized carbons (Fsp3) is 0.800. The zero-order valence-corrected chi connectivity index (χ0v) is 11.0. The molecule has 0 bridgehead atoms. The Kier molecular flexibility index (Phi) is 2.98. The van der Waals surface area contributed by atoms with Crippen LogP contribution in [-0.2, 0) is 4.79 Å². The average Bonchev–Trinajstić information content (AvgIpc) is 2.51. The summed E-state index contributed by atoms with van der Waals surface area (Å²) in [5, 5.41) is 0.